The third kappa shape index (κ3) is 2.28. The number of hydrogen-bond donors (Lipinski definition) is 1. The summed E-state index contributed by atoms with van der Waals surface area (Å²) >= 11 is 1.58. The summed E-state index contributed by atoms with van der Waals surface area (Å²) in [5, 5.41) is 6.92. The highest BCUT2D eigenvalue weighted by molar-refractivity contribution is 7.08. The Bertz CT molecular complexity index is 561. The van der Waals surface area contributed by atoms with Gasteiger partial charge in [0.2, 0.25) is 5.91 Å². The number of ether oxygens (including phenoxy) is 1. The summed E-state index contributed by atoms with van der Waals surface area (Å²) < 4.78 is 5.39. The Morgan fingerprint density at radius 3 is 2.75 bits per heavy atom. The van der Waals surface area contributed by atoms with Crippen LogP contribution in [-0.2, 0) is 9.53 Å². The van der Waals surface area contributed by atoms with Crippen molar-refractivity contribution in [3.05, 3.63) is 16.3 Å². The van der Waals surface area contributed by atoms with Crippen molar-refractivity contribution in [1.29, 1.82) is 0 Å². The molecule has 3 rings (SSSR count). The lowest BCUT2D eigenvalue weighted by Crippen LogP contribution is -2.36. The highest BCUT2D eigenvalue weighted by Crippen LogP contribution is 2.42. The topological polar surface area (TPSA) is 58.6 Å². The molecular weight excluding hydrogens is 276 g/mol. The summed E-state index contributed by atoms with van der Waals surface area (Å²) in [5.74, 6) is -0.0610. The monoisotopic (exact) mass is 294 g/mol. The molecule has 1 fully saturated rings. The number of carbonyl (C=O) groups is 2. The lowest BCUT2D eigenvalue weighted by atomic mass is 9.86. The predicted octanol–water partition coefficient (Wildman–Crippen LogP) is 2.65. The van der Waals surface area contributed by atoms with E-state index in [1.165, 1.54) is 0 Å². The van der Waals surface area contributed by atoms with E-state index in [0.29, 0.717) is 13.1 Å². The normalized spacial score (nSPS) is 24.9. The molecule has 6 heteroatoms. The molecular formula is C14H18N2O3S. The van der Waals surface area contributed by atoms with Gasteiger partial charge in [0.15, 0.2) is 0 Å². The largest absolute Gasteiger partial charge is 0.444 e. The molecule has 1 saturated heterocycles. The molecule has 1 aromatic heterocycles. The number of hydrogen-bond acceptors (Lipinski definition) is 4. The van der Waals surface area contributed by atoms with Gasteiger partial charge in [-0.05, 0) is 31.7 Å². The second-order valence-electron chi connectivity index (χ2n) is 6.33. The van der Waals surface area contributed by atoms with Gasteiger partial charge in [-0.25, -0.2) is 4.79 Å². The van der Waals surface area contributed by atoms with Crippen molar-refractivity contribution in [1.82, 2.24) is 4.90 Å². The van der Waals surface area contributed by atoms with Crippen LogP contribution in [0.5, 0.6) is 0 Å². The van der Waals surface area contributed by atoms with Gasteiger partial charge in [-0.1, -0.05) is 0 Å². The zero-order chi connectivity index (χ0) is 14.5. The summed E-state index contributed by atoms with van der Waals surface area (Å²) in [7, 11) is 0. The summed E-state index contributed by atoms with van der Waals surface area (Å²) in [6, 6.07) is 0. The molecule has 3 heterocycles. The Hall–Kier alpha value is -1.56. The Kier molecular flexibility index (Phi) is 3.01. The van der Waals surface area contributed by atoms with E-state index in [-0.39, 0.29) is 23.8 Å². The smallest absolute Gasteiger partial charge is 0.410 e. The average molecular weight is 294 g/mol. The van der Waals surface area contributed by atoms with E-state index in [1.807, 2.05) is 26.2 Å². The van der Waals surface area contributed by atoms with Crippen LogP contribution in [0.25, 0.3) is 0 Å². The van der Waals surface area contributed by atoms with Gasteiger partial charge in [0.25, 0.3) is 0 Å². The molecule has 0 radical (unpaired) electrons. The van der Waals surface area contributed by atoms with Crippen LogP contribution in [0.3, 0.4) is 0 Å². The third-order valence-corrected chi connectivity index (χ3v) is 4.42. The number of anilines is 1. The molecule has 0 unspecified atom stereocenters. The molecule has 0 aliphatic carbocycles. The highest BCUT2D eigenvalue weighted by atomic mass is 32.1. The third-order valence-electron chi connectivity index (χ3n) is 3.66. The fraction of sp³-hybridized carbons (Fsp3) is 0.571. The summed E-state index contributed by atoms with van der Waals surface area (Å²) in [5.41, 5.74) is 1.53. The van der Waals surface area contributed by atoms with Gasteiger partial charge < -0.3 is 15.0 Å². The molecule has 1 N–H and O–H groups in total. The Morgan fingerprint density at radius 1 is 1.35 bits per heavy atom. The van der Waals surface area contributed by atoms with Crippen LogP contribution in [0, 0.1) is 5.92 Å². The second-order valence-corrected chi connectivity index (χ2v) is 7.07. The van der Waals surface area contributed by atoms with E-state index in [4.69, 9.17) is 4.74 Å². The predicted molar refractivity (Wildman–Crippen MR) is 77.0 cm³/mol. The van der Waals surface area contributed by atoms with Crippen molar-refractivity contribution in [2.75, 3.05) is 18.4 Å². The van der Waals surface area contributed by atoms with Crippen molar-refractivity contribution in [2.24, 2.45) is 5.92 Å². The van der Waals surface area contributed by atoms with Crippen LogP contribution in [0.2, 0.25) is 0 Å². The van der Waals surface area contributed by atoms with E-state index in [1.54, 1.807) is 16.2 Å². The summed E-state index contributed by atoms with van der Waals surface area (Å²) in [6.45, 7) is 6.52. The SMILES string of the molecule is CC(C)(C)OC(=O)N1C[C@@H]2C(=O)Nc3cscc3[C@@H]2C1. The molecule has 2 aliphatic rings. The zero-order valence-corrected chi connectivity index (χ0v) is 12.6. The van der Waals surface area contributed by atoms with E-state index in [0.717, 1.165) is 11.3 Å². The minimum atomic E-state index is -0.513. The fourth-order valence-electron chi connectivity index (χ4n) is 2.78. The maximum atomic E-state index is 12.1. The quantitative estimate of drug-likeness (QED) is 0.800. The number of likely N-dealkylation sites (tertiary alicyclic amines) is 1. The molecule has 0 spiro atoms. The molecule has 0 saturated carbocycles. The summed E-state index contributed by atoms with van der Waals surface area (Å²) in [6.07, 6.45) is -0.337. The maximum Gasteiger partial charge on any atom is 0.410 e. The van der Waals surface area contributed by atoms with Crippen LogP contribution in [-0.4, -0.2) is 35.6 Å². The second kappa shape index (κ2) is 4.48. The molecule has 0 bridgehead atoms. The Balaban J connectivity index is 1.79. The first-order valence-electron chi connectivity index (χ1n) is 6.70. The first-order valence-corrected chi connectivity index (χ1v) is 7.64. The van der Waals surface area contributed by atoms with Gasteiger partial charge in [0.1, 0.15) is 5.60 Å². The van der Waals surface area contributed by atoms with Crippen molar-refractivity contribution in [2.45, 2.75) is 32.3 Å². The molecule has 1 aromatic rings. The molecule has 5 nitrogen and oxygen atoms in total. The number of rotatable bonds is 0. The van der Waals surface area contributed by atoms with Crippen molar-refractivity contribution in [3.8, 4) is 0 Å². The van der Waals surface area contributed by atoms with E-state index < -0.39 is 5.60 Å². The number of nitrogens with one attached hydrogen (secondary N) is 1. The minimum absolute atomic E-state index is 0.00644. The molecule has 2 amide bonds. The van der Waals surface area contributed by atoms with Crippen LogP contribution in [0.15, 0.2) is 10.8 Å². The molecule has 2 aliphatic heterocycles. The average Bonchev–Trinajstić information content (AvgIpc) is 2.90. The van der Waals surface area contributed by atoms with Crippen LogP contribution >= 0.6 is 11.3 Å². The standard InChI is InChI=1S/C14H18N2O3S/c1-14(2,3)19-13(18)16-4-8-9(5-16)12(17)15-11-7-20-6-10(8)11/h6-9H,4-5H2,1-3H3,(H,15,17)/t8-,9+/m1/s1. The first-order chi connectivity index (χ1) is 9.35. The van der Waals surface area contributed by atoms with Crippen molar-refractivity contribution >= 4 is 29.0 Å². The van der Waals surface area contributed by atoms with Gasteiger partial charge in [0, 0.05) is 24.4 Å². The number of amides is 2. The molecule has 108 valence electrons. The number of carbonyl (C=O) groups excluding carboxylic acids is 2. The highest BCUT2D eigenvalue weighted by Gasteiger charge is 2.45. The van der Waals surface area contributed by atoms with Crippen molar-refractivity contribution < 1.29 is 14.3 Å². The van der Waals surface area contributed by atoms with Crippen LogP contribution < -0.4 is 5.32 Å². The van der Waals surface area contributed by atoms with E-state index in [2.05, 4.69) is 10.7 Å². The molecule has 20 heavy (non-hydrogen) atoms. The van der Waals surface area contributed by atoms with Gasteiger partial charge in [-0.15, -0.1) is 11.3 Å². The van der Waals surface area contributed by atoms with E-state index >= 15 is 0 Å². The fourth-order valence-corrected chi connectivity index (χ4v) is 3.63. The number of fused-ring (bicyclic) bond motifs is 3. The van der Waals surface area contributed by atoms with Crippen molar-refractivity contribution in [3.63, 3.8) is 0 Å². The summed E-state index contributed by atoms with van der Waals surface area (Å²) in [4.78, 5) is 25.9. The maximum absolute atomic E-state index is 12.1. The van der Waals surface area contributed by atoms with Gasteiger partial charge in [0.05, 0.1) is 11.6 Å². The van der Waals surface area contributed by atoms with E-state index in [9.17, 15) is 9.59 Å². The van der Waals surface area contributed by atoms with Gasteiger partial charge >= 0.3 is 6.09 Å². The number of nitrogens with zero attached hydrogens (tertiary/aromatic N) is 1. The lowest BCUT2D eigenvalue weighted by molar-refractivity contribution is -0.120. The first kappa shape index (κ1) is 13.4. The zero-order valence-electron chi connectivity index (χ0n) is 11.8. The van der Waals surface area contributed by atoms with Crippen LogP contribution in [0.4, 0.5) is 10.5 Å². The number of thiophene rings is 1. The van der Waals surface area contributed by atoms with Gasteiger partial charge in [-0.3, -0.25) is 4.79 Å². The lowest BCUT2D eigenvalue weighted by Gasteiger charge is -2.24. The van der Waals surface area contributed by atoms with Gasteiger partial charge in [-0.2, -0.15) is 0 Å². The Labute approximate surface area is 121 Å². The molecule has 2 atom stereocenters. The molecule has 0 aromatic carbocycles. The minimum Gasteiger partial charge on any atom is -0.444 e. The van der Waals surface area contributed by atoms with Crippen LogP contribution in [0.1, 0.15) is 32.3 Å². The Morgan fingerprint density at radius 2 is 2.05 bits per heavy atom.